The first-order valence-electron chi connectivity index (χ1n) is 6.72. The number of anilines is 1. The van der Waals surface area contributed by atoms with Gasteiger partial charge in [-0.05, 0) is 12.8 Å². The first-order valence-corrected chi connectivity index (χ1v) is 6.72. The summed E-state index contributed by atoms with van der Waals surface area (Å²) in [6.45, 7) is 0. The van der Waals surface area contributed by atoms with Crippen molar-refractivity contribution in [3.63, 3.8) is 0 Å². The zero-order valence-electron chi connectivity index (χ0n) is 11.0. The van der Waals surface area contributed by atoms with Crippen molar-refractivity contribution in [2.75, 3.05) is 5.32 Å². The Balaban J connectivity index is 2.18. The van der Waals surface area contributed by atoms with Gasteiger partial charge in [0.2, 0.25) is 0 Å². The molecule has 0 aromatic carbocycles. The molecule has 0 amide bonds. The molecule has 20 heavy (non-hydrogen) atoms. The summed E-state index contributed by atoms with van der Waals surface area (Å²) in [7, 11) is 0. The molecule has 1 fully saturated rings. The van der Waals surface area contributed by atoms with Crippen molar-refractivity contribution >= 4 is 17.5 Å². The Labute approximate surface area is 116 Å². The summed E-state index contributed by atoms with van der Waals surface area (Å²) in [6.07, 6.45) is 7.73. The lowest BCUT2D eigenvalue weighted by atomic mass is 10.1. The molecule has 108 valence electrons. The van der Waals surface area contributed by atoms with Crippen molar-refractivity contribution in [1.29, 1.82) is 0 Å². The third kappa shape index (κ3) is 3.43. The zero-order chi connectivity index (χ0) is 14.5. The maximum Gasteiger partial charge on any atom is 0.342 e. The number of nitro groups is 1. The van der Waals surface area contributed by atoms with Gasteiger partial charge in [-0.1, -0.05) is 25.7 Å². The molecule has 1 aliphatic rings. The molecule has 1 saturated carbocycles. The normalized spacial score (nSPS) is 16.4. The minimum absolute atomic E-state index is 0.258. The standard InChI is InChI=1S/C13H17N3O4/c17-13(18)10-7-12(14-8-11(10)16(19)20)15-9-5-3-1-2-4-6-9/h7-9H,1-6H2,(H,14,15)(H,17,18). The van der Waals surface area contributed by atoms with E-state index in [0.717, 1.165) is 31.9 Å². The highest BCUT2D eigenvalue weighted by Crippen LogP contribution is 2.24. The molecule has 1 aromatic rings. The van der Waals surface area contributed by atoms with Crippen LogP contribution in [-0.2, 0) is 0 Å². The molecule has 2 N–H and O–H groups in total. The topological polar surface area (TPSA) is 105 Å². The van der Waals surface area contributed by atoms with E-state index in [-0.39, 0.29) is 11.6 Å². The van der Waals surface area contributed by atoms with Crippen molar-refractivity contribution in [2.24, 2.45) is 0 Å². The quantitative estimate of drug-likeness (QED) is 0.498. The number of pyridine rings is 1. The zero-order valence-corrected chi connectivity index (χ0v) is 11.0. The number of carboxylic acids is 1. The highest BCUT2D eigenvalue weighted by atomic mass is 16.6. The smallest absolute Gasteiger partial charge is 0.342 e. The number of carboxylic acid groups (broad SMARTS) is 1. The summed E-state index contributed by atoms with van der Waals surface area (Å²) in [5, 5.41) is 23.0. The molecule has 2 rings (SSSR count). The maximum atomic E-state index is 11.1. The average molecular weight is 279 g/mol. The molecule has 1 aliphatic carbocycles. The minimum Gasteiger partial charge on any atom is -0.477 e. The van der Waals surface area contributed by atoms with Gasteiger partial charge in [0.05, 0.1) is 4.92 Å². The largest absolute Gasteiger partial charge is 0.477 e. The van der Waals surface area contributed by atoms with Crippen molar-refractivity contribution in [1.82, 2.24) is 4.98 Å². The highest BCUT2D eigenvalue weighted by molar-refractivity contribution is 5.93. The van der Waals surface area contributed by atoms with Gasteiger partial charge in [0.25, 0.3) is 0 Å². The molecule has 7 nitrogen and oxygen atoms in total. The molecule has 0 atom stereocenters. The second-order valence-electron chi connectivity index (χ2n) is 4.98. The second-order valence-corrected chi connectivity index (χ2v) is 4.98. The number of nitrogens with one attached hydrogen (secondary N) is 1. The Hall–Kier alpha value is -2.18. The molecule has 1 aromatic heterocycles. The van der Waals surface area contributed by atoms with Crippen LogP contribution in [0.5, 0.6) is 0 Å². The van der Waals surface area contributed by atoms with Crippen LogP contribution >= 0.6 is 0 Å². The Morgan fingerprint density at radius 2 is 2.00 bits per heavy atom. The lowest BCUT2D eigenvalue weighted by Crippen LogP contribution is -2.19. The summed E-state index contributed by atoms with van der Waals surface area (Å²) < 4.78 is 0. The number of hydrogen-bond donors (Lipinski definition) is 2. The number of aromatic nitrogens is 1. The van der Waals surface area contributed by atoms with Crippen LogP contribution in [0, 0.1) is 10.1 Å². The lowest BCUT2D eigenvalue weighted by molar-refractivity contribution is -0.385. The Morgan fingerprint density at radius 1 is 1.35 bits per heavy atom. The highest BCUT2D eigenvalue weighted by Gasteiger charge is 2.22. The Kier molecular flexibility index (Phi) is 4.49. The maximum absolute atomic E-state index is 11.1. The summed E-state index contributed by atoms with van der Waals surface area (Å²) in [5.41, 5.74) is -0.815. The van der Waals surface area contributed by atoms with Gasteiger partial charge < -0.3 is 10.4 Å². The second kappa shape index (κ2) is 6.31. The van der Waals surface area contributed by atoms with Gasteiger partial charge in [-0.25, -0.2) is 9.78 Å². The molecule has 0 saturated heterocycles. The molecular formula is C13H17N3O4. The number of rotatable bonds is 4. The molecule has 1 heterocycles. The van der Waals surface area contributed by atoms with E-state index in [4.69, 9.17) is 5.11 Å². The van der Waals surface area contributed by atoms with Crippen molar-refractivity contribution in [3.05, 3.63) is 27.9 Å². The van der Waals surface area contributed by atoms with Crippen molar-refractivity contribution in [3.8, 4) is 0 Å². The van der Waals surface area contributed by atoms with E-state index in [0.29, 0.717) is 5.82 Å². The van der Waals surface area contributed by atoms with E-state index in [1.807, 2.05) is 0 Å². The van der Waals surface area contributed by atoms with E-state index < -0.39 is 16.6 Å². The van der Waals surface area contributed by atoms with Crippen LogP contribution in [0.2, 0.25) is 0 Å². The minimum atomic E-state index is -1.32. The third-order valence-electron chi connectivity index (χ3n) is 3.52. The van der Waals surface area contributed by atoms with Crippen LogP contribution < -0.4 is 5.32 Å². The molecule has 0 radical (unpaired) electrons. The van der Waals surface area contributed by atoms with Gasteiger partial charge >= 0.3 is 11.7 Å². The summed E-state index contributed by atoms with van der Waals surface area (Å²) in [6, 6.07) is 1.50. The van der Waals surface area contributed by atoms with E-state index in [2.05, 4.69) is 10.3 Å². The average Bonchev–Trinajstić information content (AvgIpc) is 2.67. The van der Waals surface area contributed by atoms with Crippen LogP contribution in [0.25, 0.3) is 0 Å². The van der Waals surface area contributed by atoms with Gasteiger partial charge in [0, 0.05) is 12.1 Å². The van der Waals surface area contributed by atoms with Gasteiger partial charge in [0.1, 0.15) is 17.6 Å². The van der Waals surface area contributed by atoms with Crippen molar-refractivity contribution in [2.45, 2.75) is 44.6 Å². The third-order valence-corrected chi connectivity index (χ3v) is 3.52. The number of nitrogens with zero attached hydrogens (tertiary/aromatic N) is 2. The fourth-order valence-electron chi connectivity index (χ4n) is 2.48. The SMILES string of the molecule is O=C(O)c1cc(NC2CCCCCC2)ncc1[N+](=O)[O-]. The first kappa shape index (κ1) is 14.2. The molecule has 0 aliphatic heterocycles. The fraction of sp³-hybridized carbons (Fsp3) is 0.538. The van der Waals surface area contributed by atoms with Crippen LogP contribution in [0.4, 0.5) is 11.5 Å². The van der Waals surface area contributed by atoms with Crippen LogP contribution in [-0.4, -0.2) is 27.0 Å². The Bertz CT molecular complexity index is 510. The Morgan fingerprint density at radius 3 is 2.55 bits per heavy atom. The van der Waals surface area contributed by atoms with Crippen molar-refractivity contribution < 1.29 is 14.8 Å². The van der Waals surface area contributed by atoms with Crippen LogP contribution in [0.3, 0.4) is 0 Å². The van der Waals surface area contributed by atoms with Gasteiger partial charge in [-0.15, -0.1) is 0 Å². The van der Waals surface area contributed by atoms with Gasteiger partial charge in [0.15, 0.2) is 0 Å². The van der Waals surface area contributed by atoms with Crippen LogP contribution in [0.15, 0.2) is 12.3 Å². The number of carbonyl (C=O) groups is 1. The lowest BCUT2D eigenvalue weighted by Gasteiger charge is -2.16. The fourth-order valence-corrected chi connectivity index (χ4v) is 2.48. The molecule has 0 unspecified atom stereocenters. The molecule has 0 bridgehead atoms. The van der Waals surface area contributed by atoms with E-state index in [9.17, 15) is 14.9 Å². The molecular weight excluding hydrogens is 262 g/mol. The van der Waals surface area contributed by atoms with E-state index in [1.54, 1.807) is 0 Å². The van der Waals surface area contributed by atoms with E-state index in [1.165, 1.54) is 18.9 Å². The summed E-state index contributed by atoms with van der Waals surface area (Å²) in [4.78, 5) is 25.0. The predicted molar refractivity (Wildman–Crippen MR) is 73.0 cm³/mol. The number of hydrogen-bond acceptors (Lipinski definition) is 5. The monoisotopic (exact) mass is 279 g/mol. The summed E-state index contributed by atoms with van der Waals surface area (Å²) in [5.74, 6) is -0.928. The molecule has 7 heteroatoms. The molecule has 0 spiro atoms. The first-order chi connectivity index (χ1) is 9.58. The predicted octanol–water partition coefficient (Wildman–Crippen LogP) is 2.82. The van der Waals surface area contributed by atoms with Crippen LogP contribution in [0.1, 0.15) is 48.9 Å². The van der Waals surface area contributed by atoms with Gasteiger partial charge in [-0.2, -0.15) is 0 Å². The number of aromatic carboxylic acids is 1. The van der Waals surface area contributed by atoms with E-state index >= 15 is 0 Å². The summed E-state index contributed by atoms with van der Waals surface area (Å²) >= 11 is 0. The van der Waals surface area contributed by atoms with Gasteiger partial charge in [-0.3, -0.25) is 10.1 Å².